The molecule has 1 saturated heterocycles. The molecule has 1 amide bonds. The molecule has 34 heavy (non-hydrogen) atoms. The first kappa shape index (κ1) is 24.4. The Balaban J connectivity index is 1.41. The van der Waals surface area contributed by atoms with Crippen LogP contribution in [0.4, 0.5) is 5.69 Å². The number of rotatable bonds is 7. The normalized spacial score (nSPS) is 15.6. The Morgan fingerprint density at radius 2 is 1.91 bits per heavy atom. The molecule has 0 spiro atoms. The van der Waals surface area contributed by atoms with Crippen molar-refractivity contribution in [3.63, 3.8) is 0 Å². The molecule has 4 rings (SSSR count). The fourth-order valence-corrected chi connectivity index (χ4v) is 6.77. The van der Waals surface area contributed by atoms with Gasteiger partial charge in [0, 0.05) is 35.5 Å². The van der Waals surface area contributed by atoms with Gasteiger partial charge >= 0.3 is 0 Å². The van der Waals surface area contributed by atoms with Crippen molar-refractivity contribution in [2.75, 3.05) is 25.5 Å². The first-order valence-corrected chi connectivity index (χ1v) is 13.3. The zero-order chi connectivity index (χ0) is 24.5. The third kappa shape index (κ3) is 5.01. The van der Waals surface area contributed by atoms with E-state index < -0.39 is 10.0 Å². The van der Waals surface area contributed by atoms with Gasteiger partial charge in [0.2, 0.25) is 27.6 Å². The van der Waals surface area contributed by atoms with E-state index in [9.17, 15) is 13.2 Å². The summed E-state index contributed by atoms with van der Waals surface area (Å²) in [6.45, 7) is 6.25. The quantitative estimate of drug-likeness (QED) is 0.511. The molecular formula is C23H28N4O5S2. The number of nitrogens with one attached hydrogen (secondary N) is 1. The van der Waals surface area contributed by atoms with Gasteiger partial charge in [0.05, 0.1) is 16.9 Å². The number of aryl methyl sites for hydroxylation is 1. The van der Waals surface area contributed by atoms with Crippen LogP contribution in [-0.2, 0) is 14.8 Å². The van der Waals surface area contributed by atoms with Gasteiger partial charge in [-0.15, -0.1) is 11.3 Å². The van der Waals surface area contributed by atoms with E-state index in [0.29, 0.717) is 45.7 Å². The molecular weight excluding hydrogens is 476 g/mol. The number of benzene rings is 1. The maximum Gasteiger partial charge on any atom is 0.244 e. The molecule has 1 fully saturated rings. The lowest BCUT2D eigenvalue weighted by molar-refractivity contribution is -0.120. The lowest BCUT2D eigenvalue weighted by atomic mass is 9.97. The highest BCUT2D eigenvalue weighted by molar-refractivity contribution is 7.89. The van der Waals surface area contributed by atoms with Crippen LogP contribution in [0, 0.1) is 12.8 Å². The number of amides is 1. The van der Waals surface area contributed by atoms with Gasteiger partial charge in [-0.1, -0.05) is 19.0 Å². The van der Waals surface area contributed by atoms with Crippen LogP contribution in [-0.4, -0.2) is 49.0 Å². The molecule has 0 bridgehead atoms. The van der Waals surface area contributed by atoms with Crippen LogP contribution in [0.15, 0.2) is 39.8 Å². The van der Waals surface area contributed by atoms with Crippen molar-refractivity contribution in [3.05, 3.63) is 41.1 Å². The number of carbonyl (C=O) groups excluding carboxylic acids is 1. The van der Waals surface area contributed by atoms with Crippen LogP contribution in [0.5, 0.6) is 5.75 Å². The van der Waals surface area contributed by atoms with Gasteiger partial charge < -0.3 is 14.6 Å². The highest BCUT2D eigenvalue weighted by atomic mass is 32.2. The van der Waals surface area contributed by atoms with E-state index in [2.05, 4.69) is 15.5 Å². The van der Waals surface area contributed by atoms with Crippen LogP contribution in [0.3, 0.4) is 0 Å². The van der Waals surface area contributed by atoms with Crippen LogP contribution in [0.1, 0.15) is 43.4 Å². The summed E-state index contributed by atoms with van der Waals surface area (Å²) in [6, 6.07) is 8.73. The first-order valence-electron chi connectivity index (χ1n) is 11.1. The zero-order valence-corrected chi connectivity index (χ0v) is 21.2. The number of ether oxygens (including phenoxy) is 1. The summed E-state index contributed by atoms with van der Waals surface area (Å²) in [5.41, 5.74) is 0.685. The monoisotopic (exact) mass is 504 g/mol. The van der Waals surface area contributed by atoms with Crippen LogP contribution < -0.4 is 10.1 Å². The van der Waals surface area contributed by atoms with Gasteiger partial charge in [-0.2, -0.15) is 9.29 Å². The summed E-state index contributed by atoms with van der Waals surface area (Å²) in [4.78, 5) is 18.6. The van der Waals surface area contributed by atoms with Crippen LogP contribution in [0.2, 0.25) is 0 Å². The number of thiophene rings is 1. The summed E-state index contributed by atoms with van der Waals surface area (Å²) in [5.74, 6) is 1.36. The maximum absolute atomic E-state index is 13.4. The minimum absolute atomic E-state index is 0.0914. The van der Waals surface area contributed by atoms with Crippen molar-refractivity contribution in [3.8, 4) is 16.5 Å². The fourth-order valence-electron chi connectivity index (χ4n) is 3.82. The Morgan fingerprint density at radius 1 is 1.24 bits per heavy atom. The number of carbonyl (C=O) groups is 1. The predicted octanol–water partition coefficient (Wildman–Crippen LogP) is 4.28. The topological polar surface area (TPSA) is 115 Å². The smallest absolute Gasteiger partial charge is 0.244 e. The van der Waals surface area contributed by atoms with Gasteiger partial charge in [0.15, 0.2) is 0 Å². The molecule has 1 aliphatic heterocycles. The molecule has 0 unspecified atom stereocenters. The van der Waals surface area contributed by atoms with Crippen molar-refractivity contribution < 1.29 is 22.5 Å². The number of hydrogen-bond donors (Lipinski definition) is 1. The first-order chi connectivity index (χ1) is 16.2. The molecule has 0 saturated carbocycles. The molecule has 3 heterocycles. The zero-order valence-electron chi connectivity index (χ0n) is 19.6. The second kappa shape index (κ2) is 9.85. The summed E-state index contributed by atoms with van der Waals surface area (Å²) in [5, 5.41) is 6.90. The Hall–Kier alpha value is -2.76. The van der Waals surface area contributed by atoms with E-state index in [4.69, 9.17) is 9.26 Å². The predicted molar refractivity (Wildman–Crippen MR) is 130 cm³/mol. The molecule has 9 nitrogen and oxygen atoms in total. The van der Waals surface area contributed by atoms with Gasteiger partial charge in [-0.3, -0.25) is 4.79 Å². The Bertz CT molecular complexity index is 1260. The van der Waals surface area contributed by atoms with Crippen molar-refractivity contribution in [2.45, 2.75) is 44.4 Å². The van der Waals surface area contributed by atoms with Gasteiger partial charge in [0.1, 0.15) is 5.75 Å². The average molecular weight is 505 g/mol. The second-order valence-corrected chi connectivity index (χ2v) is 11.7. The highest BCUT2D eigenvalue weighted by Crippen LogP contribution is 2.35. The maximum atomic E-state index is 13.4. The van der Waals surface area contributed by atoms with Crippen molar-refractivity contribution in [1.82, 2.24) is 14.4 Å². The highest BCUT2D eigenvalue weighted by Gasteiger charge is 2.34. The Morgan fingerprint density at radius 3 is 2.50 bits per heavy atom. The molecule has 1 aliphatic rings. The number of methoxy groups -OCH3 is 1. The van der Waals surface area contributed by atoms with Gasteiger partial charge in [0.25, 0.3) is 0 Å². The molecule has 2 aromatic heterocycles. The molecule has 3 aromatic rings. The average Bonchev–Trinajstić information content (AvgIpc) is 3.47. The van der Waals surface area contributed by atoms with Crippen LogP contribution in [0.25, 0.3) is 10.7 Å². The lowest BCUT2D eigenvalue weighted by Crippen LogP contribution is -2.41. The van der Waals surface area contributed by atoms with E-state index >= 15 is 0 Å². The molecule has 11 heteroatoms. The van der Waals surface area contributed by atoms with Crippen molar-refractivity contribution >= 4 is 33.0 Å². The number of piperidine rings is 1. The van der Waals surface area contributed by atoms with Gasteiger partial charge in [-0.25, -0.2) is 8.42 Å². The Labute approximate surface area is 203 Å². The van der Waals surface area contributed by atoms with E-state index in [1.165, 1.54) is 15.6 Å². The fraction of sp³-hybridized carbons (Fsp3) is 0.435. The molecule has 0 aliphatic carbocycles. The van der Waals surface area contributed by atoms with E-state index in [1.54, 1.807) is 44.4 Å². The number of sulfonamides is 1. The summed E-state index contributed by atoms with van der Waals surface area (Å²) < 4.78 is 38.5. The third-order valence-corrected chi connectivity index (χ3v) is 9.03. The lowest BCUT2D eigenvalue weighted by Gasteiger charge is -2.30. The third-order valence-electron chi connectivity index (χ3n) is 5.83. The van der Waals surface area contributed by atoms with Crippen LogP contribution >= 0.6 is 11.3 Å². The molecule has 1 aromatic carbocycles. The van der Waals surface area contributed by atoms with Crippen molar-refractivity contribution in [1.29, 1.82) is 0 Å². The number of nitrogens with zero attached hydrogens (tertiary/aromatic N) is 3. The Kier molecular flexibility index (Phi) is 7.06. The minimum atomic E-state index is -3.69. The summed E-state index contributed by atoms with van der Waals surface area (Å²) >= 11 is 1.33. The molecule has 1 N–H and O–H groups in total. The summed E-state index contributed by atoms with van der Waals surface area (Å²) in [7, 11) is -2.11. The van der Waals surface area contributed by atoms with Crippen molar-refractivity contribution in [2.24, 2.45) is 5.92 Å². The number of anilines is 1. The second-order valence-electron chi connectivity index (χ2n) is 8.54. The minimum Gasteiger partial charge on any atom is -0.497 e. The number of hydrogen-bond acceptors (Lipinski definition) is 8. The SMILES string of the molecule is COc1ccc(NC(=O)C2CCN(S(=O)(=O)c3cc(-c4noc(C(C)C)n4)sc3C)CC2)cc1. The molecule has 182 valence electrons. The van der Waals surface area contributed by atoms with E-state index in [-0.39, 0.29) is 35.7 Å². The molecule has 0 atom stereocenters. The standard InChI is InChI=1S/C23H28N4O5S2/c1-14(2)23-25-21(26-32-23)19-13-20(15(3)33-19)34(29,30)27-11-9-16(10-12-27)22(28)24-17-5-7-18(31-4)8-6-17/h5-8,13-14,16H,9-12H2,1-4H3,(H,24,28). The van der Waals surface area contributed by atoms with E-state index in [0.717, 1.165) is 0 Å². The van der Waals surface area contributed by atoms with Gasteiger partial charge in [-0.05, 0) is 50.1 Å². The summed E-state index contributed by atoms with van der Waals surface area (Å²) in [6.07, 6.45) is 0.916. The van der Waals surface area contributed by atoms with E-state index in [1.807, 2.05) is 13.8 Å². The largest absolute Gasteiger partial charge is 0.497 e. The molecule has 0 radical (unpaired) electrons. The number of aromatic nitrogens is 2.